The first kappa shape index (κ1) is 18.7. The van der Waals surface area contributed by atoms with E-state index in [0.29, 0.717) is 13.0 Å². The highest BCUT2D eigenvalue weighted by atomic mass is 16.3. The monoisotopic (exact) mass is 315 g/mol. The van der Waals surface area contributed by atoms with Crippen LogP contribution in [0.2, 0.25) is 0 Å². The number of hydrogen-bond donors (Lipinski definition) is 2. The van der Waals surface area contributed by atoms with E-state index < -0.39 is 0 Å². The Morgan fingerprint density at radius 3 is 2.52 bits per heavy atom. The van der Waals surface area contributed by atoms with Crippen molar-refractivity contribution < 1.29 is 9.90 Å². The van der Waals surface area contributed by atoms with E-state index in [1.807, 2.05) is 57.2 Å². The Morgan fingerprint density at radius 2 is 2.04 bits per heavy atom. The number of aliphatic hydroxyl groups excluding tert-OH is 1. The fourth-order valence-electron chi connectivity index (χ4n) is 2.07. The maximum atomic E-state index is 12.6. The summed E-state index contributed by atoms with van der Waals surface area (Å²) in [5, 5.41) is 21.4. The highest BCUT2D eigenvalue weighted by molar-refractivity contribution is 5.97. The smallest absolute Gasteiger partial charge is 0.266 e. The van der Waals surface area contributed by atoms with Crippen LogP contribution in [0.15, 0.2) is 42.1 Å². The zero-order valence-electron chi connectivity index (χ0n) is 14.0. The van der Waals surface area contributed by atoms with Gasteiger partial charge in [-0.15, -0.1) is 0 Å². The van der Waals surface area contributed by atoms with E-state index in [9.17, 15) is 15.2 Å². The molecule has 5 heteroatoms. The molecule has 1 atom stereocenters. The van der Waals surface area contributed by atoms with Gasteiger partial charge in [0.25, 0.3) is 5.91 Å². The van der Waals surface area contributed by atoms with E-state index >= 15 is 0 Å². The molecule has 23 heavy (non-hydrogen) atoms. The maximum absolute atomic E-state index is 12.6. The first-order valence-electron chi connectivity index (χ1n) is 7.85. The number of carbonyl (C=O) groups is 1. The highest BCUT2D eigenvalue weighted by Crippen LogP contribution is 2.12. The summed E-state index contributed by atoms with van der Waals surface area (Å²) in [5.74, 6) is -0.313. The van der Waals surface area contributed by atoms with Gasteiger partial charge in [-0.2, -0.15) is 5.26 Å². The van der Waals surface area contributed by atoms with Crippen molar-refractivity contribution in [2.75, 3.05) is 6.61 Å². The molecule has 124 valence electrons. The van der Waals surface area contributed by atoms with Crippen LogP contribution in [0, 0.1) is 11.3 Å². The first-order valence-corrected chi connectivity index (χ1v) is 7.85. The maximum Gasteiger partial charge on any atom is 0.266 e. The lowest BCUT2D eigenvalue weighted by Gasteiger charge is -2.26. The predicted octanol–water partition coefficient (Wildman–Crippen LogP) is 2.19. The van der Waals surface area contributed by atoms with Crippen molar-refractivity contribution >= 4 is 5.91 Å². The second-order valence-electron chi connectivity index (χ2n) is 5.64. The van der Waals surface area contributed by atoms with E-state index in [2.05, 4.69) is 5.32 Å². The Kier molecular flexibility index (Phi) is 7.86. The van der Waals surface area contributed by atoms with E-state index in [-0.39, 0.29) is 30.2 Å². The normalized spacial score (nSPS) is 12.6. The zero-order valence-corrected chi connectivity index (χ0v) is 14.0. The van der Waals surface area contributed by atoms with Crippen LogP contribution in [0.3, 0.4) is 0 Å². The molecule has 0 saturated heterocycles. The molecular formula is C18H25N3O2. The standard InChI is InChI=1S/C18H25N3O2/c1-4-17(13-22)20-11-16(10-19)18(23)21(14(2)3)12-15-8-6-5-7-9-15/h5-9,11,14,17,20,22H,4,12-13H2,1-3H3/b16-11-. The molecule has 1 aromatic rings. The van der Waals surface area contributed by atoms with Crippen LogP contribution in [-0.2, 0) is 11.3 Å². The van der Waals surface area contributed by atoms with Crippen LogP contribution in [0.1, 0.15) is 32.8 Å². The number of nitriles is 1. The summed E-state index contributed by atoms with van der Waals surface area (Å²) in [7, 11) is 0. The number of nitrogens with one attached hydrogen (secondary N) is 1. The Bertz CT molecular complexity index is 557. The molecule has 0 aliphatic rings. The summed E-state index contributed by atoms with van der Waals surface area (Å²) in [6, 6.07) is 11.4. The van der Waals surface area contributed by atoms with Gasteiger partial charge in [0.05, 0.1) is 6.61 Å². The van der Waals surface area contributed by atoms with Gasteiger partial charge in [-0.25, -0.2) is 0 Å². The Balaban J connectivity index is 2.90. The van der Waals surface area contributed by atoms with Crippen LogP contribution in [0.4, 0.5) is 0 Å². The van der Waals surface area contributed by atoms with Gasteiger partial charge < -0.3 is 15.3 Å². The van der Waals surface area contributed by atoms with E-state index in [0.717, 1.165) is 5.56 Å². The molecule has 1 unspecified atom stereocenters. The molecule has 0 aliphatic heterocycles. The minimum absolute atomic E-state index is 0.0285. The molecule has 0 bridgehead atoms. The molecule has 0 heterocycles. The molecule has 5 nitrogen and oxygen atoms in total. The molecule has 0 aromatic heterocycles. The minimum atomic E-state index is -0.313. The third-order valence-electron chi connectivity index (χ3n) is 3.61. The summed E-state index contributed by atoms with van der Waals surface area (Å²) < 4.78 is 0. The van der Waals surface area contributed by atoms with Gasteiger partial charge in [0, 0.05) is 24.8 Å². The minimum Gasteiger partial charge on any atom is -0.394 e. The Morgan fingerprint density at radius 1 is 1.39 bits per heavy atom. The lowest BCUT2D eigenvalue weighted by Crippen LogP contribution is -2.38. The Hall–Kier alpha value is -2.32. The molecule has 0 radical (unpaired) electrons. The van der Waals surface area contributed by atoms with E-state index in [1.165, 1.54) is 6.20 Å². The van der Waals surface area contributed by atoms with Crippen molar-refractivity contribution in [2.24, 2.45) is 0 Å². The van der Waals surface area contributed by atoms with Crippen LogP contribution < -0.4 is 5.32 Å². The number of nitrogens with zero attached hydrogens (tertiary/aromatic N) is 2. The largest absolute Gasteiger partial charge is 0.394 e. The number of amides is 1. The highest BCUT2D eigenvalue weighted by Gasteiger charge is 2.21. The molecule has 0 aliphatic carbocycles. The molecule has 1 rings (SSSR count). The summed E-state index contributed by atoms with van der Waals surface area (Å²) in [6.07, 6.45) is 2.12. The predicted molar refractivity (Wildman–Crippen MR) is 90.1 cm³/mol. The van der Waals surface area contributed by atoms with Gasteiger partial charge in [0.15, 0.2) is 0 Å². The number of benzene rings is 1. The molecule has 1 amide bonds. The van der Waals surface area contributed by atoms with Crippen LogP contribution in [0.25, 0.3) is 0 Å². The third-order valence-corrected chi connectivity index (χ3v) is 3.61. The van der Waals surface area contributed by atoms with Crippen molar-refractivity contribution in [3.63, 3.8) is 0 Å². The second kappa shape index (κ2) is 9.65. The van der Waals surface area contributed by atoms with Gasteiger partial charge in [-0.05, 0) is 25.8 Å². The lowest BCUT2D eigenvalue weighted by atomic mass is 10.1. The summed E-state index contributed by atoms with van der Waals surface area (Å²) in [4.78, 5) is 14.3. The number of aliphatic hydroxyl groups is 1. The van der Waals surface area contributed by atoms with Crippen molar-refractivity contribution in [1.29, 1.82) is 5.26 Å². The summed E-state index contributed by atoms with van der Waals surface area (Å²) >= 11 is 0. The molecule has 2 N–H and O–H groups in total. The third kappa shape index (κ3) is 5.76. The van der Waals surface area contributed by atoms with Crippen molar-refractivity contribution in [3.8, 4) is 6.07 Å². The summed E-state index contributed by atoms with van der Waals surface area (Å²) in [6.45, 7) is 6.18. The van der Waals surface area contributed by atoms with Crippen molar-refractivity contribution in [1.82, 2.24) is 10.2 Å². The van der Waals surface area contributed by atoms with E-state index in [1.54, 1.807) is 4.90 Å². The van der Waals surface area contributed by atoms with Crippen LogP contribution in [0.5, 0.6) is 0 Å². The summed E-state index contributed by atoms with van der Waals surface area (Å²) in [5.41, 5.74) is 1.06. The second-order valence-corrected chi connectivity index (χ2v) is 5.64. The zero-order chi connectivity index (χ0) is 17.2. The molecule has 0 fully saturated rings. The van der Waals surface area contributed by atoms with Gasteiger partial charge in [-0.1, -0.05) is 37.3 Å². The van der Waals surface area contributed by atoms with Crippen molar-refractivity contribution in [3.05, 3.63) is 47.7 Å². The van der Waals surface area contributed by atoms with Crippen LogP contribution in [-0.4, -0.2) is 34.6 Å². The lowest BCUT2D eigenvalue weighted by molar-refractivity contribution is -0.129. The average molecular weight is 315 g/mol. The molecule has 1 aromatic carbocycles. The SMILES string of the molecule is CCC(CO)N/C=C(/C#N)C(=O)N(Cc1ccccc1)C(C)C. The molecule has 0 spiro atoms. The first-order chi connectivity index (χ1) is 11.0. The average Bonchev–Trinajstić information content (AvgIpc) is 2.57. The van der Waals surface area contributed by atoms with Gasteiger partial charge in [0.1, 0.15) is 11.6 Å². The number of hydrogen-bond acceptors (Lipinski definition) is 4. The number of carbonyl (C=O) groups excluding carboxylic acids is 1. The fraction of sp³-hybridized carbons (Fsp3) is 0.444. The molecular weight excluding hydrogens is 290 g/mol. The van der Waals surface area contributed by atoms with E-state index in [4.69, 9.17) is 0 Å². The van der Waals surface area contributed by atoms with Crippen LogP contribution >= 0.6 is 0 Å². The quantitative estimate of drug-likeness (QED) is 0.569. The van der Waals surface area contributed by atoms with Gasteiger partial charge >= 0.3 is 0 Å². The fourth-order valence-corrected chi connectivity index (χ4v) is 2.07. The van der Waals surface area contributed by atoms with Gasteiger partial charge in [-0.3, -0.25) is 4.79 Å². The topological polar surface area (TPSA) is 76.4 Å². The number of rotatable bonds is 8. The Labute approximate surface area is 138 Å². The van der Waals surface area contributed by atoms with Crippen molar-refractivity contribution in [2.45, 2.75) is 45.8 Å². The molecule has 0 saturated carbocycles. The van der Waals surface area contributed by atoms with Gasteiger partial charge in [0.2, 0.25) is 0 Å².